The average Bonchev–Trinajstić information content (AvgIpc) is 1.95. The van der Waals surface area contributed by atoms with Gasteiger partial charge in [0.25, 0.3) is 0 Å². The molecule has 0 aliphatic rings. The van der Waals surface area contributed by atoms with Gasteiger partial charge in [-0.3, -0.25) is 5.84 Å². The van der Waals surface area contributed by atoms with Gasteiger partial charge in [-0.05, 0) is 24.6 Å². The van der Waals surface area contributed by atoms with Gasteiger partial charge in [-0.25, -0.2) is 0 Å². The van der Waals surface area contributed by atoms with Gasteiger partial charge in [0.05, 0.1) is 5.69 Å². The minimum atomic E-state index is 0. The third-order valence-corrected chi connectivity index (χ3v) is 1.83. The number of nitrogen functional groups attached to an aromatic ring is 1. The van der Waals surface area contributed by atoms with Crippen LogP contribution < -0.4 is 11.3 Å². The van der Waals surface area contributed by atoms with E-state index >= 15 is 0 Å². The molecule has 0 fully saturated rings. The van der Waals surface area contributed by atoms with Crippen molar-refractivity contribution in [1.82, 2.24) is 0 Å². The van der Waals surface area contributed by atoms with E-state index in [0.29, 0.717) is 0 Å². The summed E-state index contributed by atoms with van der Waals surface area (Å²) >= 11 is 5.80. The van der Waals surface area contributed by atoms with Crippen LogP contribution >= 0.6 is 24.0 Å². The van der Waals surface area contributed by atoms with Gasteiger partial charge < -0.3 is 5.43 Å². The second kappa shape index (κ2) is 4.44. The van der Waals surface area contributed by atoms with Crippen LogP contribution in [0.3, 0.4) is 0 Å². The summed E-state index contributed by atoms with van der Waals surface area (Å²) in [5, 5.41) is 0.732. The number of benzene rings is 1. The molecule has 62 valence electrons. The Morgan fingerprint density at radius 2 is 2.09 bits per heavy atom. The Morgan fingerprint density at radius 1 is 1.45 bits per heavy atom. The second-order valence-electron chi connectivity index (χ2n) is 2.06. The van der Waals surface area contributed by atoms with Crippen LogP contribution in [0.25, 0.3) is 0 Å². The maximum atomic E-state index is 5.80. The molecule has 0 unspecified atom stereocenters. The number of rotatable bonds is 1. The largest absolute Gasteiger partial charge is 0.324 e. The minimum absolute atomic E-state index is 0. The Labute approximate surface area is 77.1 Å². The monoisotopic (exact) mass is 192 g/mol. The smallest absolute Gasteiger partial charge is 0.0529 e. The number of anilines is 1. The summed E-state index contributed by atoms with van der Waals surface area (Å²) in [7, 11) is 0. The zero-order valence-corrected chi connectivity index (χ0v) is 7.67. The Kier molecular flexibility index (Phi) is 4.26. The molecule has 0 aliphatic carbocycles. The highest BCUT2D eigenvalue weighted by atomic mass is 35.5. The van der Waals surface area contributed by atoms with Gasteiger partial charge in [0.15, 0.2) is 0 Å². The summed E-state index contributed by atoms with van der Waals surface area (Å²) in [5.41, 5.74) is 4.40. The van der Waals surface area contributed by atoms with Crippen molar-refractivity contribution in [3.05, 3.63) is 28.8 Å². The standard InChI is InChI=1S/C7H9ClN2.ClH/c1-5-6(8)3-2-4-7(5)10-9;/h2-4,10H,9H2,1H3;1H. The zero-order valence-electron chi connectivity index (χ0n) is 6.10. The van der Waals surface area contributed by atoms with Crippen LogP contribution in [0.5, 0.6) is 0 Å². The molecule has 1 aromatic carbocycles. The molecule has 0 amide bonds. The molecule has 0 radical (unpaired) electrons. The Balaban J connectivity index is 0.000001000. The number of hydrogen-bond acceptors (Lipinski definition) is 2. The van der Waals surface area contributed by atoms with E-state index in [1.165, 1.54) is 0 Å². The topological polar surface area (TPSA) is 38.0 Å². The minimum Gasteiger partial charge on any atom is -0.324 e. The van der Waals surface area contributed by atoms with Crippen molar-refractivity contribution in [1.29, 1.82) is 0 Å². The summed E-state index contributed by atoms with van der Waals surface area (Å²) < 4.78 is 0. The molecular weight excluding hydrogens is 183 g/mol. The maximum absolute atomic E-state index is 5.80. The van der Waals surface area contributed by atoms with E-state index in [1.54, 1.807) is 0 Å². The van der Waals surface area contributed by atoms with Crippen molar-refractivity contribution in [3.8, 4) is 0 Å². The van der Waals surface area contributed by atoms with Gasteiger partial charge in [0.1, 0.15) is 0 Å². The summed E-state index contributed by atoms with van der Waals surface area (Å²) in [6.07, 6.45) is 0. The summed E-state index contributed by atoms with van der Waals surface area (Å²) in [5.74, 6) is 5.21. The lowest BCUT2D eigenvalue weighted by atomic mass is 10.2. The first-order valence-electron chi connectivity index (χ1n) is 2.97. The highest BCUT2D eigenvalue weighted by Gasteiger charge is 1.97. The predicted molar refractivity (Wildman–Crippen MR) is 51.2 cm³/mol. The van der Waals surface area contributed by atoms with Crippen LogP contribution in [-0.4, -0.2) is 0 Å². The molecule has 0 aromatic heterocycles. The van der Waals surface area contributed by atoms with Gasteiger partial charge in [-0.15, -0.1) is 12.4 Å². The molecule has 0 saturated heterocycles. The lowest BCUT2D eigenvalue weighted by Gasteiger charge is -2.04. The van der Waals surface area contributed by atoms with Crippen molar-refractivity contribution >= 4 is 29.7 Å². The van der Waals surface area contributed by atoms with Crippen molar-refractivity contribution in [2.45, 2.75) is 6.92 Å². The van der Waals surface area contributed by atoms with Gasteiger partial charge in [0.2, 0.25) is 0 Å². The van der Waals surface area contributed by atoms with Crippen LogP contribution in [0.1, 0.15) is 5.56 Å². The van der Waals surface area contributed by atoms with Crippen molar-refractivity contribution in [3.63, 3.8) is 0 Å². The van der Waals surface area contributed by atoms with Gasteiger partial charge in [0, 0.05) is 5.02 Å². The normalized spacial score (nSPS) is 8.64. The van der Waals surface area contributed by atoms with E-state index in [0.717, 1.165) is 16.3 Å². The Morgan fingerprint density at radius 3 is 2.55 bits per heavy atom. The molecule has 1 aromatic rings. The molecule has 0 atom stereocenters. The molecule has 0 spiro atoms. The molecule has 0 heterocycles. The summed E-state index contributed by atoms with van der Waals surface area (Å²) in [6, 6.07) is 5.56. The number of nitrogens with one attached hydrogen (secondary N) is 1. The molecule has 3 N–H and O–H groups in total. The van der Waals surface area contributed by atoms with Crippen LogP contribution in [0.4, 0.5) is 5.69 Å². The number of halogens is 2. The third kappa shape index (κ3) is 2.26. The number of hydrazine groups is 1. The van der Waals surface area contributed by atoms with Crippen LogP contribution in [0.2, 0.25) is 5.02 Å². The lowest BCUT2D eigenvalue weighted by molar-refractivity contribution is 1.31. The van der Waals surface area contributed by atoms with E-state index in [9.17, 15) is 0 Å². The van der Waals surface area contributed by atoms with Crippen molar-refractivity contribution in [2.75, 3.05) is 5.43 Å². The highest BCUT2D eigenvalue weighted by Crippen LogP contribution is 2.21. The Hall–Kier alpha value is -0.440. The third-order valence-electron chi connectivity index (χ3n) is 1.42. The Bertz CT molecular complexity index is 238. The molecule has 0 aliphatic heterocycles. The quantitative estimate of drug-likeness (QED) is 0.530. The second-order valence-corrected chi connectivity index (χ2v) is 2.46. The first-order chi connectivity index (χ1) is 4.75. The van der Waals surface area contributed by atoms with E-state index < -0.39 is 0 Å². The van der Waals surface area contributed by atoms with Crippen molar-refractivity contribution in [2.24, 2.45) is 5.84 Å². The van der Waals surface area contributed by atoms with Crippen LogP contribution in [0.15, 0.2) is 18.2 Å². The van der Waals surface area contributed by atoms with E-state index in [1.807, 2.05) is 25.1 Å². The van der Waals surface area contributed by atoms with Gasteiger partial charge >= 0.3 is 0 Å². The number of hydrogen-bond donors (Lipinski definition) is 2. The SMILES string of the molecule is Cc1c(Cl)cccc1NN.Cl. The fourth-order valence-electron chi connectivity index (χ4n) is 0.764. The van der Waals surface area contributed by atoms with E-state index in [-0.39, 0.29) is 12.4 Å². The molecule has 1 rings (SSSR count). The van der Waals surface area contributed by atoms with Gasteiger partial charge in [-0.2, -0.15) is 0 Å². The summed E-state index contributed by atoms with van der Waals surface area (Å²) in [6.45, 7) is 1.91. The molecule has 4 heteroatoms. The molecule has 2 nitrogen and oxygen atoms in total. The van der Waals surface area contributed by atoms with Crippen LogP contribution in [0, 0.1) is 6.92 Å². The molecule has 0 saturated carbocycles. The molecule has 0 bridgehead atoms. The average molecular weight is 193 g/mol. The lowest BCUT2D eigenvalue weighted by Crippen LogP contribution is -2.07. The first-order valence-corrected chi connectivity index (χ1v) is 3.35. The van der Waals surface area contributed by atoms with Crippen LogP contribution in [-0.2, 0) is 0 Å². The highest BCUT2D eigenvalue weighted by molar-refractivity contribution is 6.31. The predicted octanol–water partition coefficient (Wildman–Crippen LogP) is 2.36. The van der Waals surface area contributed by atoms with Gasteiger partial charge in [-0.1, -0.05) is 17.7 Å². The molecular formula is C7H10Cl2N2. The fourth-order valence-corrected chi connectivity index (χ4v) is 0.938. The summed E-state index contributed by atoms with van der Waals surface area (Å²) in [4.78, 5) is 0. The fraction of sp³-hybridized carbons (Fsp3) is 0.143. The maximum Gasteiger partial charge on any atom is 0.0529 e. The zero-order chi connectivity index (χ0) is 7.56. The first kappa shape index (κ1) is 10.6. The van der Waals surface area contributed by atoms with Crippen molar-refractivity contribution < 1.29 is 0 Å². The van der Waals surface area contributed by atoms with E-state index in [2.05, 4.69) is 5.43 Å². The molecule has 11 heavy (non-hydrogen) atoms. The van der Waals surface area contributed by atoms with E-state index in [4.69, 9.17) is 17.4 Å². The number of nitrogens with two attached hydrogens (primary N) is 1.